The molecule has 0 aromatic heterocycles. The molecule has 0 spiro atoms. The average Bonchev–Trinajstić information content (AvgIpc) is 2.39. The van der Waals surface area contributed by atoms with Gasteiger partial charge in [0.05, 0.1) is 6.54 Å². The number of hydrogen-bond donors (Lipinski definition) is 0. The van der Waals surface area contributed by atoms with Gasteiger partial charge in [-0.3, -0.25) is 0 Å². The summed E-state index contributed by atoms with van der Waals surface area (Å²) in [5, 5.41) is 0. The molecule has 1 fully saturated rings. The summed E-state index contributed by atoms with van der Waals surface area (Å²) in [7, 11) is 0. The molecule has 3 nitrogen and oxygen atoms in total. The van der Waals surface area contributed by atoms with E-state index in [4.69, 9.17) is 4.74 Å². The van der Waals surface area contributed by atoms with E-state index < -0.39 is 0 Å². The second-order valence-corrected chi connectivity index (χ2v) is 5.17. The number of isocyanates is 1. The Hall–Kier alpha value is -1.25. The van der Waals surface area contributed by atoms with Crippen LogP contribution < -0.4 is 4.74 Å². The Balaban J connectivity index is 2.05. The van der Waals surface area contributed by atoms with Crippen molar-refractivity contribution >= 4 is 17.8 Å². The molecular weight excluding hydrogens is 234 g/mol. The Morgan fingerprint density at radius 1 is 1.35 bits per heavy atom. The smallest absolute Gasteiger partial charge is 0.235 e. The van der Waals surface area contributed by atoms with Crippen LogP contribution in [0.3, 0.4) is 0 Å². The molecule has 1 aliphatic rings. The zero-order valence-corrected chi connectivity index (χ0v) is 10.4. The lowest BCUT2D eigenvalue weighted by molar-refractivity contribution is 0.190. The third-order valence-electron chi connectivity index (χ3n) is 2.75. The first-order valence-corrected chi connectivity index (χ1v) is 6.91. The van der Waals surface area contributed by atoms with Crippen molar-refractivity contribution in [2.75, 3.05) is 11.5 Å². The van der Waals surface area contributed by atoms with Gasteiger partial charge in [-0.2, -0.15) is 11.8 Å². The van der Waals surface area contributed by atoms with E-state index in [1.54, 1.807) is 6.08 Å². The van der Waals surface area contributed by atoms with Gasteiger partial charge >= 0.3 is 0 Å². The van der Waals surface area contributed by atoms with Gasteiger partial charge in [0.15, 0.2) is 0 Å². The standard InChI is InChI=1S/C13H15NO2S/c15-10-14-9-11-3-1-2-4-13(11)16-12-5-7-17-8-6-12/h1-4,12H,5-9H2. The molecular formula is C13H15NO2S. The maximum atomic E-state index is 10.1. The summed E-state index contributed by atoms with van der Waals surface area (Å²) in [5.74, 6) is 3.18. The largest absolute Gasteiger partial charge is 0.490 e. The van der Waals surface area contributed by atoms with Crippen molar-refractivity contribution in [3.05, 3.63) is 29.8 Å². The van der Waals surface area contributed by atoms with Crippen molar-refractivity contribution in [3.63, 3.8) is 0 Å². The number of para-hydroxylation sites is 1. The van der Waals surface area contributed by atoms with Crippen molar-refractivity contribution < 1.29 is 9.53 Å². The zero-order chi connectivity index (χ0) is 11.9. The molecule has 0 unspecified atom stereocenters. The van der Waals surface area contributed by atoms with E-state index in [0.717, 1.165) is 24.2 Å². The maximum Gasteiger partial charge on any atom is 0.235 e. The van der Waals surface area contributed by atoms with Crippen LogP contribution >= 0.6 is 11.8 Å². The van der Waals surface area contributed by atoms with Gasteiger partial charge in [0.25, 0.3) is 0 Å². The van der Waals surface area contributed by atoms with Crippen molar-refractivity contribution in [1.29, 1.82) is 0 Å². The van der Waals surface area contributed by atoms with E-state index in [1.807, 2.05) is 36.0 Å². The summed E-state index contributed by atoms with van der Waals surface area (Å²) in [4.78, 5) is 13.8. The van der Waals surface area contributed by atoms with Gasteiger partial charge < -0.3 is 4.74 Å². The van der Waals surface area contributed by atoms with Crippen LogP contribution in [0.15, 0.2) is 29.3 Å². The van der Waals surface area contributed by atoms with Crippen molar-refractivity contribution in [2.45, 2.75) is 25.5 Å². The zero-order valence-electron chi connectivity index (χ0n) is 9.59. The van der Waals surface area contributed by atoms with Gasteiger partial charge in [-0.05, 0) is 30.4 Å². The van der Waals surface area contributed by atoms with E-state index in [0.29, 0.717) is 12.6 Å². The number of carbonyl (C=O) groups excluding carboxylic acids is 1. The third kappa shape index (κ3) is 3.62. The number of ether oxygens (including phenoxy) is 1. The molecule has 17 heavy (non-hydrogen) atoms. The van der Waals surface area contributed by atoms with Crippen molar-refractivity contribution in [1.82, 2.24) is 0 Å². The van der Waals surface area contributed by atoms with Crippen LogP contribution in [0.25, 0.3) is 0 Å². The van der Waals surface area contributed by atoms with Crippen LogP contribution in [0.5, 0.6) is 5.75 Å². The molecule has 0 radical (unpaired) electrons. The fraction of sp³-hybridized carbons (Fsp3) is 0.462. The molecule has 0 amide bonds. The number of nitrogens with zero attached hydrogens (tertiary/aromatic N) is 1. The molecule has 1 aromatic carbocycles. The van der Waals surface area contributed by atoms with Gasteiger partial charge in [-0.25, -0.2) is 9.79 Å². The van der Waals surface area contributed by atoms with Crippen molar-refractivity contribution in [3.8, 4) is 5.75 Å². The second kappa shape index (κ2) is 6.48. The quantitative estimate of drug-likeness (QED) is 0.608. The Labute approximate surface area is 105 Å². The second-order valence-electron chi connectivity index (χ2n) is 3.94. The predicted molar refractivity (Wildman–Crippen MR) is 69.2 cm³/mol. The first-order chi connectivity index (χ1) is 8.40. The van der Waals surface area contributed by atoms with Crippen LogP contribution in [0.2, 0.25) is 0 Å². The lowest BCUT2D eigenvalue weighted by atomic mass is 10.1. The van der Waals surface area contributed by atoms with Crippen LogP contribution in [-0.4, -0.2) is 23.7 Å². The fourth-order valence-corrected chi connectivity index (χ4v) is 2.90. The van der Waals surface area contributed by atoms with E-state index in [2.05, 4.69) is 4.99 Å². The molecule has 0 N–H and O–H groups in total. The Morgan fingerprint density at radius 3 is 2.88 bits per heavy atom. The van der Waals surface area contributed by atoms with E-state index in [9.17, 15) is 4.79 Å². The first-order valence-electron chi connectivity index (χ1n) is 5.76. The monoisotopic (exact) mass is 249 g/mol. The van der Waals surface area contributed by atoms with E-state index >= 15 is 0 Å². The lowest BCUT2D eigenvalue weighted by Gasteiger charge is -2.23. The molecule has 1 aliphatic heterocycles. The highest BCUT2D eigenvalue weighted by molar-refractivity contribution is 7.99. The Morgan fingerprint density at radius 2 is 2.12 bits per heavy atom. The highest BCUT2D eigenvalue weighted by Crippen LogP contribution is 2.25. The van der Waals surface area contributed by atoms with Crippen LogP contribution in [0.4, 0.5) is 0 Å². The minimum absolute atomic E-state index is 0.303. The van der Waals surface area contributed by atoms with Gasteiger partial charge in [-0.15, -0.1) is 0 Å². The summed E-state index contributed by atoms with van der Waals surface area (Å²) in [6.07, 6.45) is 4.05. The Kier molecular flexibility index (Phi) is 4.65. The summed E-state index contributed by atoms with van der Waals surface area (Å²) in [6, 6.07) is 7.76. The molecule has 4 heteroatoms. The SMILES string of the molecule is O=C=NCc1ccccc1OC1CCSCC1. The summed E-state index contributed by atoms with van der Waals surface area (Å²) >= 11 is 1.98. The number of thioether (sulfide) groups is 1. The summed E-state index contributed by atoms with van der Waals surface area (Å²) in [5.41, 5.74) is 0.953. The number of benzene rings is 1. The van der Waals surface area contributed by atoms with Gasteiger partial charge in [0.2, 0.25) is 6.08 Å². The normalized spacial score (nSPS) is 16.2. The summed E-state index contributed by atoms with van der Waals surface area (Å²) in [6.45, 7) is 0.348. The Bertz CT molecular complexity index is 410. The maximum absolute atomic E-state index is 10.1. The predicted octanol–water partition coefficient (Wildman–Crippen LogP) is 2.80. The van der Waals surface area contributed by atoms with Crippen LogP contribution in [-0.2, 0) is 11.3 Å². The molecule has 0 atom stereocenters. The average molecular weight is 249 g/mol. The third-order valence-corrected chi connectivity index (χ3v) is 3.80. The van der Waals surface area contributed by atoms with Crippen molar-refractivity contribution in [2.24, 2.45) is 4.99 Å². The molecule has 90 valence electrons. The summed E-state index contributed by atoms with van der Waals surface area (Å²) < 4.78 is 5.98. The highest BCUT2D eigenvalue weighted by Gasteiger charge is 2.16. The van der Waals surface area contributed by atoms with Crippen LogP contribution in [0.1, 0.15) is 18.4 Å². The topological polar surface area (TPSA) is 38.7 Å². The minimum Gasteiger partial charge on any atom is -0.490 e. The van der Waals surface area contributed by atoms with Gasteiger partial charge in [0.1, 0.15) is 11.9 Å². The van der Waals surface area contributed by atoms with E-state index in [-0.39, 0.29) is 0 Å². The molecule has 1 aromatic rings. The van der Waals surface area contributed by atoms with Crippen LogP contribution in [0, 0.1) is 0 Å². The molecule has 1 heterocycles. The lowest BCUT2D eigenvalue weighted by Crippen LogP contribution is -2.22. The molecule has 0 bridgehead atoms. The first kappa shape index (κ1) is 12.2. The molecule has 2 rings (SSSR count). The number of rotatable bonds is 4. The number of aliphatic imine (C=N–C) groups is 1. The molecule has 1 saturated heterocycles. The van der Waals surface area contributed by atoms with Gasteiger partial charge in [-0.1, -0.05) is 18.2 Å². The molecule has 0 saturated carbocycles. The highest BCUT2D eigenvalue weighted by atomic mass is 32.2. The fourth-order valence-electron chi connectivity index (χ4n) is 1.84. The molecule has 0 aliphatic carbocycles. The van der Waals surface area contributed by atoms with Gasteiger partial charge in [0, 0.05) is 5.56 Å². The van der Waals surface area contributed by atoms with E-state index in [1.165, 1.54) is 11.5 Å². The minimum atomic E-state index is 0.303. The number of hydrogen-bond acceptors (Lipinski definition) is 4.